The van der Waals surface area contributed by atoms with E-state index in [0.29, 0.717) is 5.95 Å². The van der Waals surface area contributed by atoms with Crippen LogP contribution in [0.15, 0.2) is 6.20 Å². The summed E-state index contributed by atoms with van der Waals surface area (Å²) in [5, 5.41) is 12.7. The van der Waals surface area contributed by atoms with Gasteiger partial charge < -0.3 is 10.1 Å². The lowest BCUT2D eigenvalue weighted by Gasteiger charge is -2.20. The molecule has 2 rings (SSSR count). The molecule has 1 fully saturated rings. The molecule has 0 radical (unpaired) electrons. The third kappa shape index (κ3) is 2.61. The molecule has 0 bridgehead atoms. The highest BCUT2D eigenvalue weighted by atomic mass is 16.3. The highest BCUT2D eigenvalue weighted by Crippen LogP contribution is 2.32. The molecule has 0 saturated heterocycles. The highest BCUT2D eigenvalue weighted by molar-refractivity contribution is 5.89. The molecule has 88 valence electrons. The Labute approximate surface area is 94.3 Å². The Morgan fingerprint density at radius 2 is 2.31 bits per heavy atom. The van der Waals surface area contributed by atoms with Crippen LogP contribution >= 0.6 is 0 Å². The molecule has 1 heterocycles. The number of H-pyrrole nitrogens is 1. The van der Waals surface area contributed by atoms with E-state index in [2.05, 4.69) is 15.3 Å². The van der Waals surface area contributed by atoms with Crippen LogP contribution in [0.25, 0.3) is 0 Å². The number of aryl methyl sites for hydroxylation is 1. The number of nitrogens with one attached hydrogen (secondary N) is 2. The summed E-state index contributed by atoms with van der Waals surface area (Å²) in [6.45, 7) is 1.87. The first-order valence-corrected chi connectivity index (χ1v) is 5.61. The fraction of sp³-hybridized carbons (Fsp3) is 0.636. The monoisotopic (exact) mass is 223 g/mol. The normalized spacial score (nSPS) is 18.6. The maximum Gasteiger partial charge on any atom is 0.229 e. The van der Waals surface area contributed by atoms with Crippen molar-refractivity contribution in [3.05, 3.63) is 11.9 Å². The molecular weight excluding hydrogens is 206 g/mol. The molecular formula is C11H17N3O2. The number of carbonyl (C=O) groups is 1. The molecule has 1 saturated carbocycles. The minimum atomic E-state index is -0.800. The van der Waals surface area contributed by atoms with Crippen molar-refractivity contribution in [3.8, 4) is 0 Å². The van der Waals surface area contributed by atoms with Crippen LogP contribution in [-0.2, 0) is 4.79 Å². The highest BCUT2D eigenvalue weighted by Gasteiger charge is 2.33. The van der Waals surface area contributed by atoms with Gasteiger partial charge in [-0.3, -0.25) is 10.1 Å². The number of imidazole rings is 1. The number of carbonyl (C=O) groups excluding carboxylic acids is 1. The standard InChI is InChI=1S/C11H17N3O2/c1-8-7-12-10(13-8)14-9(15)6-11(16)4-2-3-5-11/h7,16H,2-6H2,1H3,(H2,12,13,14,15). The van der Waals surface area contributed by atoms with Gasteiger partial charge in [0, 0.05) is 11.9 Å². The Balaban J connectivity index is 1.89. The van der Waals surface area contributed by atoms with Gasteiger partial charge in [0.1, 0.15) is 0 Å². The van der Waals surface area contributed by atoms with Gasteiger partial charge in [0.2, 0.25) is 11.9 Å². The second-order valence-corrected chi connectivity index (χ2v) is 4.57. The quantitative estimate of drug-likeness (QED) is 0.723. The van der Waals surface area contributed by atoms with Crippen molar-refractivity contribution in [2.45, 2.75) is 44.6 Å². The van der Waals surface area contributed by atoms with E-state index in [1.54, 1.807) is 6.20 Å². The minimum absolute atomic E-state index is 0.159. The fourth-order valence-electron chi connectivity index (χ4n) is 2.16. The second kappa shape index (κ2) is 4.25. The van der Waals surface area contributed by atoms with E-state index < -0.39 is 5.60 Å². The zero-order valence-corrected chi connectivity index (χ0v) is 9.42. The number of aliphatic hydroxyl groups is 1. The van der Waals surface area contributed by atoms with Crippen molar-refractivity contribution in [2.24, 2.45) is 0 Å². The Morgan fingerprint density at radius 3 is 2.88 bits per heavy atom. The SMILES string of the molecule is Cc1cnc(NC(=O)CC2(O)CCCC2)[nH]1. The van der Waals surface area contributed by atoms with Gasteiger partial charge >= 0.3 is 0 Å². The molecule has 1 amide bonds. The summed E-state index contributed by atoms with van der Waals surface area (Å²) in [5.41, 5.74) is 0.0982. The topological polar surface area (TPSA) is 78.0 Å². The van der Waals surface area contributed by atoms with Crippen molar-refractivity contribution in [2.75, 3.05) is 5.32 Å². The number of hydrogen-bond acceptors (Lipinski definition) is 3. The van der Waals surface area contributed by atoms with Crippen LogP contribution in [0, 0.1) is 6.92 Å². The summed E-state index contributed by atoms with van der Waals surface area (Å²) >= 11 is 0. The number of rotatable bonds is 3. The Bertz CT molecular complexity index is 380. The second-order valence-electron chi connectivity index (χ2n) is 4.57. The average Bonchev–Trinajstić information content (AvgIpc) is 2.75. The third-order valence-corrected chi connectivity index (χ3v) is 2.98. The van der Waals surface area contributed by atoms with Gasteiger partial charge in [-0.25, -0.2) is 4.98 Å². The van der Waals surface area contributed by atoms with Crippen LogP contribution < -0.4 is 5.32 Å². The Morgan fingerprint density at radius 1 is 1.62 bits per heavy atom. The first-order chi connectivity index (χ1) is 7.57. The molecule has 1 aromatic heterocycles. The summed E-state index contributed by atoms with van der Waals surface area (Å²) in [6, 6.07) is 0. The number of aromatic nitrogens is 2. The van der Waals surface area contributed by atoms with Crippen LogP contribution in [-0.4, -0.2) is 26.6 Å². The van der Waals surface area contributed by atoms with Crippen molar-refractivity contribution in [3.63, 3.8) is 0 Å². The zero-order valence-electron chi connectivity index (χ0n) is 9.42. The average molecular weight is 223 g/mol. The predicted octanol–water partition coefficient (Wildman–Crippen LogP) is 1.35. The smallest absolute Gasteiger partial charge is 0.229 e. The van der Waals surface area contributed by atoms with Gasteiger partial charge in [0.05, 0.1) is 12.0 Å². The van der Waals surface area contributed by atoms with Gasteiger partial charge in [0.15, 0.2) is 0 Å². The summed E-state index contributed by atoms with van der Waals surface area (Å²) in [7, 11) is 0. The Hall–Kier alpha value is -1.36. The lowest BCUT2D eigenvalue weighted by molar-refractivity contribution is -0.120. The van der Waals surface area contributed by atoms with E-state index in [0.717, 1.165) is 31.4 Å². The van der Waals surface area contributed by atoms with Crippen molar-refractivity contribution in [1.29, 1.82) is 0 Å². The first-order valence-electron chi connectivity index (χ1n) is 5.61. The van der Waals surface area contributed by atoms with Crippen LogP contribution in [0.4, 0.5) is 5.95 Å². The minimum Gasteiger partial charge on any atom is -0.389 e. The van der Waals surface area contributed by atoms with Gasteiger partial charge in [0.25, 0.3) is 0 Å². The molecule has 5 nitrogen and oxygen atoms in total. The summed E-state index contributed by atoms with van der Waals surface area (Å²) in [6.07, 6.45) is 5.26. The molecule has 0 aromatic carbocycles. The van der Waals surface area contributed by atoms with Crippen molar-refractivity contribution < 1.29 is 9.90 Å². The van der Waals surface area contributed by atoms with Crippen molar-refractivity contribution >= 4 is 11.9 Å². The van der Waals surface area contributed by atoms with Gasteiger partial charge in [-0.2, -0.15) is 0 Å². The summed E-state index contributed by atoms with van der Waals surface area (Å²) < 4.78 is 0. The number of aromatic amines is 1. The number of hydrogen-bond donors (Lipinski definition) is 3. The van der Waals surface area contributed by atoms with Crippen LogP contribution in [0.1, 0.15) is 37.8 Å². The molecule has 16 heavy (non-hydrogen) atoms. The third-order valence-electron chi connectivity index (χ3n) is 2.98. The molecule has 0 aliphatic heterocycles. The zero-order chi connectivity index (χ0) is 11.6. The van der Waals surface area contributed by atoms with E-state index >= 15 is 0 Å². The molecule has 0 unspecified atom stereocenters. The number of anilines is 1. The summed E-state index contributed by atoms with van der Waals surface area (Å²) in [5.74, 6) is 0.267. The van der Waals surface area contributed by atoms with E-state index in [4.69, 9.17) is 0 Å². The molecule has 0 spiro atoms. The van der Waals surface area contributed by atoms with E-state index in [-0.39, 0.29) is 12.3 Å². The van der Waals surface area contributed by atoms with Crippen LogP contribution in [0.2, 0.25) is 0 Å². The Kier molecular flexibility index (Phi) is 2.96. The lowest BCUT2D eigenvalue weighted by atomic mass is 9.98. The largest absolute Gasteiger partial charge is 0.389 e. The predicted molar refractivity (Wildman–Crippen MR) is 60.0 cm³/mol. The van der Waals surface area contributed by atoms with Crippen LogP contribution in [0.5, 0.6) is 0 Å². The van der Waals surface area contributed by atoms with Crippen LogP contribution in [0.3, 0.4) is 0 Å². The van der Waals surface area contributed by atoms with E-state index in [1.807, 2.05) is 6.92 Å². The molecule has 1 aromatic rings. The van der Waals surface area contributed by atoms with Gasteiger partial charge in [-0.05, 0) is 19.8 Å². The molecule has 1 aliphatic rings. The van der Waals surface area contributed by atoms with Gasteiger partial charge in [-0.15, -0.1) is 0 Å². The maximum atomic E-state index is 11.7. The number of amides is 1. The fourth-order valence-corrected chi connectivity index (χ4v) is 2.16. The molecule has 3 N–H and O–H groups in total. The van der Waals surface area contributed by atoms with Crippen molar-refractivity contribution in [1.82, 2.24) is 9.97 Å². The molecule has 1 aliphatic carbocycles. The van der Waals surface area contributed by atoms with E-state index in [9.17, 15) is 9.90 Å². The maximum absolute atomic E-state index is 11.7. The lowest BCUT2D eigenvalue weighted by Crippen LogP contribution is -2.30. The first kappa shape index (κ1) is 11.1. The summed E-state index contributed by atoms with van der Waals surface area (Å²) in [4.78, 5) is 18.6. The molecule has 0 atom stereocenters. The van der Waals surface area contributed by atoms with Gasteiger partial charge in [-0.1, -0.05) is 12.8 Å². The molecule has 5 heteroatoms. The van der Waals surface area contributed by atoms with E-state index in [1.165, 1.54) is 0 Å². The number of nitrogens with zero attached hydrogens (tertiary/aromatic N) is 1.